The second-order valence-electron chi connectivity index (χ2n) is 5.17. The summed E-state index contributed by atoms with van der Waals surface area (Å²) in [6, 6.07) is 0. The molecular formula is C14H25N5. The molecule has 5 nitrogen and oxygen atoms in total. The van der Waals surface area contributed by atoms with Crippen LogP contribution in [0, 0.1) is 0 Å². The van der Waals surface area contributed by atoms with Crippen molar-refractivity contribution in [1.29, 1.82) is 0 Å². The molecule has 2 heterocycles. The molecule has 0 unspecified atom stereocenters. The minimum atomic E-state index is 0.642. The summed E-state index contributed by atoms with van der Waals surface area (Å²) in [5.74, 6) is 1.47. The van der Waals surface area contributed by atoms with Crippen molar-refractivity contribution in [2.24, 2.45) is 0 Å². The lowest BCUT2D eigenvalue weighted by Crippen LogP contribution is -2.46. The zero-order chi connectivity index (χ0) is 13.7. The van der Waals surface area contributed by atoms with E-state index >= 15 is 0 Å². The monoisotopic (exact) mass is 263 g/mol. The predicted molar refractivity (Wildman–Crippen MR) is 77.8 cm³/mol. The average molecular weight is 263 g/mol. The number of nitrogen functional groups attached to an aromatic ring is 1. The number of aryl methyl sites for hydroxylation is 1. The topological polar surface area (TPSA) is 58.3 Å². The van der Waals surface area contributed by atoms with Crippen LogP contribution < -0.4 is 5.73 Å². The van der Waals surface area contributed by atoms with Gasteiger partial charge in [-0.2, -0.15) is 0 Å². The summed E-state index contributed by atoms with van der Waals surface area (Å²) in [4.78, 5) is 13.6. The number of aromatic nitrogens is 2. The number of nitrogens with zero attached hydrogens (tertiary/aromatic N) is 4. The standard InChI is InChI=1S/C14H25N5/c1-3-5-18-6-8-19(9-7-18)11-12-10-16-13(4-2)17-14(12)15/h10H,3-9,11H2,1-2H3,(H2,15,16,17). The van der Waals surface area contributed by atoms with Crippen LogP contribution in [0.2, 0.25) is 0 Å². The zero-order valence-electron chi connectivity index (χ0n) is 12.1. The largest absolute Gasteiger partial charge is 0.383 e. The summed E-state index contributed by atoms with van der Waals surface area (Å²) in [7, 11) is 0. The third-order valence-corrected chi connectivity index (χ3v) is 3.66. The van der Waals surface area contributed by atoms with Crippen molar-refractivity contribution in [3.05, 3.63) is 17.6 Å². The van der Waals surface area contributed by atoms with E-state index in [1.54, 1.807) is 0 Å². The van der Waals surface area contributed by atoms with E-state index in [1.165, 1.54) is 13.0 Å². The van der Waals surface area contributed by atoms with Gasteiger partial charge in [-0.05, 0) is 13.0 Å². The van der Waals surface area contributed by atoms with E-state index in [2.05, 4.69) is 26.7 Å². The highest BCUT2D eigenvalue weighted by Crippen LogP contribution is 2.13. The highest BCUT2D eigenvalue weighted by atomic mass is 15.3. The van der Waals surface area contributed by atoms with Gasteiger partial charge >= 0.3 is 0 Å². The Hall–Kier alpha value is -1.20. The molecular weight excluding hydrogens is 238 g/mol. The lowest BCUT2D eigenvalue weighted by atomic mass is 10.2. The molecule has 19 heavy (non-hydrogen) atoms. The second-order valence-corrected chi connectivity index (χ2v) is 5.17. The van der Waals surface area contributed by atoms with Gasteiger partial charge < -0.3 is 10.6 Å². The smallest absolute Gasteiger partial charge is 0.131 e. The Balaban J connectivity index is 1.88. The van der Waals surface area contributed by atoms with Gasteiger partial charge in [-0.25, -0.2) is 9.97 Å². The fourth-order valence-electron chi connectivity index (χ4n) is 2.48. The Morgan fingerprint density at radius 2 is 1.84 bits per heavy atom. The Labute approximate surface area is 115 Å². The van der Waals surface area contributed by atoms with Crippen LogP contribution in [-0.4, -0.2) is 52.5 Å². The minimum Gasteiger partial charge on any atom is -0.383 e. The lowest BCUT2D eigenvalue weighted by molar-refractivity contribution is 0.127. The van der Waals surface area contributed by atoms with Gasteiger partial charge in [0.25, 0.3) is 0 Å². The van der Waals surface area contributed by atoms with E-state index in [0.29, 0.717) is 5.82 Å². The van der Waals surface area contributed by atoms with Crippen LogP contribution in [0.25, 0.3) is 0 Å². The van der Waals surface area contributed by atoms with Gasteiger partial charge in [0.05, 0.1) is 0 Å². The maximum Gasteiger partial charge on any atom is 0.131 e. The summed E-state index contributed by atoms with van der Waals surface area (Å²) < 4.78 is 0. The molecule has 2 rings (SSSR count). The van der Waals surface area contributed by atoms with Crippen molar-refractivity contribution >= 4 is 5.82 Å². The molecule has 1 aliphatic heterocycles. The molecule has 1 fully saturated rings. The van der Waals surface area contributed by atoms with E-state index in [0.717, 1.165) is 50.5 Å². The summed E-state index contributed by atoms with van der Waals surface area (Å²) in [5.41, 5.74) is 7.06. The first kappa shape index (κ1) is 14.2. The van der Waals surface area contributed by atoms with Gasteiger partial charge in [0.15, 0.2) is 0 Å². The minimum absolute atomic E-state index is 0.642. The van der Waals surface area contributed by atoms with E-state index in [1.807, 2.05) is 13.1 Å². The van der Waals surface area contributed by atoms with Gasteiger partial charge in [-0.15, -0.1) is 0 Å². The molecule has 0 radical (unpaired) electrons. The maximum absolute atomic E-state index is 6.00. The van der Waals surface area contributed by atoms with Crippen molar-refractivity contribution in [3.63, 3.8) is 0 Å². The Morgan fingerprint density at radius 3 is 2.42 bits per heavy atom. The second kappa shape index (κ2) is 6.82. The number of piperazine rings is 1. The predicted octanol–water partition coefficient (Wildman–Crippen LogP) is 1.15. The SMILES string of the molecule is CCCN1CCN(Cc2cnc(CC)nc2N)CC1. The molecule has 1 aromatic rings. The van der Waals surface area contributed by atoms with Crippen LogP contribution in [0.4, 0.5) is 5.82 Å². The summed E-state index contributed by atoms with van der Waals surface area (Å²) in [6.07, 6.45) is 3.96. The van der Waals surface area contributed by atoms with Gasteiger partial charge in [0.1, 0.15) is 11.6 Å². The molecule has 1 aromatic heterocycles. The average Bonchev–Trinajstić information content (AvgIpc) is 2.43. The van der Waals surface area contributed by atoms with Crippen LogP contribution in [0.3, 0.4) is 0 Å². The van der Waals surface area contributed by atoms with Gasteiger partial charge in [0, 0.05) is 50.9 Å². The number of nitrogens with two attached hydrogens (primary N) is 1. The van der Waals surface area contributed by atoms with E-state index in [4.69, 9.17) is 5.73 Å². The molecule has 106 valence electrons. The fourth-order valence-corrected chi connectivity index (χ4v) is 2.48. The molecule has 1 saturated heterocycles. The fraction of sp³-hybridized carbons (Fsp3) is 0.714. The van der Waals surface area contributed by atoms with Crippen molar-refractivity contribution in [2.75, 3.05) is 38.5 Å². The van der Waals surface area contributed by atoms with Crippen LogP contribution >= 0.6 is 0 Å². The molecule has 2 N–H and O–H groups in total. The van der Waals surface area contributed by atoms with Crippen LogP contribution in [0.1, 0.15) is 31.7 Å². The van der Waals surface area contributed by atoms with Crippen LogP contribution in [-0.2, 0) is 13.0 Å². The molecule has 0 amide bonds. The molecule has 0 aliphatic carbocycles. The Kier molecular flexibility index (Phi) is 5.10. The maximum atomic E-state index is 6.00. The summed E-state index contributed by atoms with van der Waals surface area (Å²) in [5, 5.41) is 0. The molecule has 0 atom stereocenters. The number of hydrogen-bond donors (Lipinski definition) is 1. The summed E-state index contributed by atoms with van der Waals surface area (Å²) >= 11 is 0. The van der Waals surface area contributed by atoms with E-state index in [-0.39, 0.29) is 0 Å². The Morgan fingerprint density at radius 1 is 1.16 bits per heavy atom. The molecule has 5 heteroatoms. The number of hydrogen-bond acceptors (Lipinski definition) is 5. The van der Waals surface area contributed by atoms with Gasteiger partial charge in [0.2, 0.25) is 0 Å². The molecule has 0 bridgehead atoms. The molecule has 0 saturated carbocycles. The van der Waals surface area contributed by atoms with Crippen LogP contribution in [0.5, 0.6) is 0 Å². The normalized spacial score (nSPS) is 17.8. The lowest BCUT2D eigenvalue weighted by Gasteiger charge is -2.34. The third kappa shape index (κ3) is 3.88. The number of rotatable bonds is 5. The Bertz CT molecular complexity index is 399. The first-order valence-electron chi connectivity index (χ1n) is 7.28. The van der Waals surface area contributed by atoms with Crippen molar-refractivity contribution in [1.82, 2.24) is 19.8 Å². The van der Waals surface area contributed by atoms with Crippen LogP contribution in [0.15, 0.2) is 6.20 Å². The van der Waals surface area contributed by atoms with E-state index < -0.39 is 0 Å². The molecule has 0 spiro atoms. The van der Waals surface area contributed by atoms with E-state index in [9.17, 15) is 0 Å². The highest BCUT2D eigenvalue weighted by Gasteiger charge is 2.17. The first-order valence-corrected chi connectivity index (χ1v) is 7.28. The first-order chi connectivity index (χ1) is 9.22. The summed E-state index contributed by atoms with van der Waals surface area (Å²) in [6.45, 7) is 10.9. The van der Waals surface area contributed by atoms with Crippen molar-refractivity contribution in [3.8, 4) is 0 Å². The van der Waals surface area contributed by atoms with Crippen molar-refractivity contribution in [2.45, 2.75) is 33.2 Å². The molecule has 1 aliphatic rings. The number of anilines is 1. The van der Waals surface area contributed by atoms with Gasteiger partial charge in [-0.1, -0.05) is 13.8 Å². The van der Waals surface area contributed by atoms with Gasteiger partial charge in [-0.3, -0.25) is 4.90 Å². The zero-order valence-corrected chi connectivity index (χ0v) is 12.1. The van der Waals surface area contributed by atoms with Crippen molar-refractivity contribution < 1.29 is 0 Å². The highest BCUT2D eigenvalue weighted by molar-refractivity contribution is 5.37. The molecule has 0 aromatic carbocycles. The third-order valence-electron chi connectivity index (χ3n) is 3.66. The quantitative estimate of drug-likeness (QED) is 0.863.